The van der Waals surface area contributed by atoms with Crippen molar-refractivity contribution in [3.05, 3.63) is 125 Å². The van der Waals surface area contributed by atoms with Crippen LogP contribution < -0.4 is 4.90 Å². The summed E-state index contributed by atoms with van der Waals surface area (Å²) in [7, 11) is 0. The van der Waals surface area contributed by atoms with E-state index in [1.807, 2.05) is 72.8 Å². The Bertz CT molecular complexity index is 1170. The fraction of sp³-hybridized carbons (Fsp3) is 0.0741. The van der Waals surface area contributed by atoms with E-state index in [1.54, 1.807) is 24.3 Å². The van der Waals surface area contributed by atoms with Crippen LogP contribution in [0.2, 0.25) is 0 Å². The molecular formula is C27H21NO3. The first-order valence-electron chi connectivity index (χ1n) is 10.1. The van der Waals surface area contributed by atoms with Crippen LogP contribution >= 0.6 is 0 Å². The number of hydrogen-bond donors (Lipinski definition) is 2. The van der Waals surface area contributed by atoms with Crippen LogP contribution in [0.3, 0.4) is 0 Å². The molecule has 2 N–H and O–H groups in total. The number of aldehydes is 1. The van der Waals surface area contributed by atoms with E-state index < -0.39 is 11.6 Å². The van der Waals surface area contributed by atoms with Crippen molar-refractivity contribution in [3.63, 3.8) is 0 Å². The largest absolute Gasteiger partial charge is 0.508 e. The Balaban J connectivity index is 1.92. The van der Waals surface area contributed by atoms with Gasteiger partial charge in [0.25, 0.3) is 0 Å². The minimum Gasteiger partial charge on any atom is -0.508 e. The van der Waals surface area contributed by atoms with Gasteiger partial charge in [-0.25, -0.2) is 0 Å². The van der Waals surface area contributed by atoms with Crippen LogP contribution in [-0.2, 0) is 10.3 Å². The molecule has 31 heavy (non-hydrogen) atoms. The van der Waals surface area contributed by atoms with Crippen molar-refractivity contribution in [1.29, 1.82) is 0 Å². The zero-order valence-corrected chi connectivity index (χ0v) is 16.7. The molecule has 5 rings (SSSR count). The summed E-state index contributed by atoms with van der Waals surface area (Å²) < 4.78 is 0. The van der Waals surface area contributed by atoms with E-state index in [0.717, 1.165) is 34.2 Å². The molecule has 1 aliphatic heterocycles. The Kier molecular flexibility index (Phi) is 4.48. The molecular weight excluding hydrogens is 386 g/mol. The number of carbonyl (C=O) groups excluding carboxylic acids is 1. The number of benzene rings is 4. The van der Waals surface area contributed by atoms with Gasteiger partial charge in [0.2, 0.25) is 0 Å². The number of aromatic hydroxyl groups is 2. The molecule has 4 nitrogen and oxygen atoms in total. The second-order valence-electron chi connectivity index (χ2n) is 7.68. The Morgan fingerprint density at radius 1 is 0.677 bits per heavy atom. The SMILES string of the molecule is O=CC1c2ccccc2C(c2ccc(O)cc2)(c2ccc(O)cc2)N1c1ccccc1. The van der Waals surface area contributed by atoms with Gasteiger partial charge >= 0.3 is 0 Å². The van der Waals surface area contributed by atoms with Gasteiger partial charge in [-0.1, -0.05) is 66.7 Å². The summed E-state index contributed by atoms with van der Waals surface area (Å²) in [5.41, 5.74) is 3.82. The highest BCUT2D eigenvalue weighted by Crippen LogP contribution is 2.55. The van der Waals surface area contributed by atoms with Crippen molar-refractivity contribution in [2.45, 2.75) is 11.6 Å². The predicted molar refractivity (Wildman–Crippen MR) is 120 cm³/mol. The van der Waals surface area contributed by atoms with Gasteiger partial charge < -0.3 is 19.9 Å². The number of nitrogens with zero attached hydrogens (tertiary/aromatic N) is 1. The summed E-state index contributed by atoms with van der Waals surface area (Å²) in [5, 5.41) is 19.9. The lowest BCUT2D eigenvalue weighted by atomic mass is 9.76. The molecule has 0 bridgehead atoms. The van der Waals surface area contributed by atoms with Gasteiger partial charge in [0.1, 0.15) is 29.4 Å². The van der Waals surface area contributed by atoms with Gasteiger partial charge in [-0.3, -0.25) is 0 Å². The Morgan fingerprint density at radius 3 is 1.74 bits per heavy atom. The molecule has 0 aliphatic carbocycles. The molecule has 1 atom stereocenters. The normalized spacial score (nSPS) is 16.6. The molecule has 1 aliphatic rings. The molecule has 1 unspecified atom stereocenters. The standard InChI is InChI=1S/C27H21NO3/c29-18-26-24-8-4-5-9-25(24)27(19-10-14-22(30)15-11-19,20-12-16-23(31)17-13-20)28(26)21-6-2-1-3-7-21/h1-18,26,30-31H. The van der Waals surface area contributed by atoms with Crippen LogP contribution in [0.1, 0.15) is 28.3 Å². The first-order valence-corrected chi connectivity index (χ1v) is 10.1. The third kappa shape index (κ3) is 2.80. The first kappa shape index (κ1) is 18.9. The van der Waals surface area contributed by atoms with Crippen LogP contribution in [0.25, 0.3) is 0 Å². The molecule has 0 aromatic heterocycles. The van der Waals surface area contributed by atoms with Crippen molar-refractivity contribution in [2.75, 3.05) is 4.90 Å². The van der Waals surface area contributed by atoms with Crippen LogP contribution in [-0.4, -0.2) is 16.5 Å². The number of fused-ring (bicyclic) bond motifs is 1. The molecule has 152 valence electrons. The number of hydrogen-bond acceptors (Lipinski definition) is 4. The Labute approximate surface area is 180 Å². The second-order valence-corrected chi connectivity index (χ2v) is 7.68. The number of carbonyl (C=O) groups is 1. The Hall–Kier alpha value is -4.05. The van der Waals surface area contributed by atoms with E-state index in [2.05, 4.69) is 11.0 Å². The van der Waals surface area contributed by atoms with E-state index in [1.165, 1.54) is 0 Å². The van der Waals surface area contributed by atoms with E-state index in [4.69, 9.17) is 0 Å². The van der Waals surface area contributed by atoms with Crippen molar-refractivity contribution in [1.82, 2.24) is 0 Å². The van der Waals surface area contributed by atoms with E-state index in [-0.39, 0.29) is 11.5 Å². The highest BCUT2D eigenvalue weighted by Gasteiger charge is 2.52. The molecule has 0 spiro atoms. The third-order valence-corrected chi connectivity index (χ3v) is 6.04. The fourth-order valence-electron chi connectivity index (χ4n) is 4.80. The zero-order valence-electron chi connectivity index (χ0n) is 16.7. The molecule has 1 heterocycles. The number of anilines is 1. The van der Waals surface area contributed by atoms with Crippen LogP contribution in [0, 0.1) is 0 Å². The van der Waals surface area contributed by atoms with Crippen molar-refractivity contribution < 1.29 is 15.0 Å². The summed E-state index contributed by atoms with van der Waals surface area (Å²) in [5.74, 6) is 0.350. The van der Waals surface area contributed by atoms with E-state index in [9.17, 15) is 15.0 Å². The summed E-state index contributed by atoms with van der Waals surface area (Å²) in [4.78, 5) is 14.6. The molecule has 0 radical (unpaired) electrons. The van der Waals surface area contributed by atoms with Gasteiger partial charge in [-0.15, -0.1) is 0 Å². The highest BCUT2D eigenvalue weighted by molar-refractivity contribution is 5.80. The minimum atomic E-state index is -0.828. The first-order chi connectivity index (χ1) is 15.2. The predicted octanol–water partition coefficient (Wildman–Crippen LogP) is 5.15. The van der Waals surface area contributed by atoms with Crippen molar-refractivity contribution in [3.8, 4) is 11.5 Å². The maximum atomic E-state index is 12.5. The lowest BCUT2D eigenvalue weighted by Gasteiger charge is -2.43. The topological polar surface area (TPSA) is 60.8 Å². The quantitative estimate of drug-likeness (QED) is 0.459. The highest BCUT2D eigenvalue weighted by atomic mass is 16.3. The summed E-state index contributed by atoms with van der Waals surface area (Å²) >= 11 is 0. The molecule has 0 saturated carbocycles. The minimum absolute atomic E-state index is 0.175. The lowest BCUT2D eigenvalue weighted by molar-refractivity contribution is -0.109. The summed E-state index contributed by atoms with van der Waals surface area (Å²) in [6.07, 6.45) is 0.981. The smallest absolute Gasteiger partial charge is 0.147 e. The third-order valence-electron chi connectivity index (χ3n) is 6.04. The van der Waals surface area contributed by atoms with Crippen molar-refractivity contribution >= 4 is 12.0 Å². The molecule has 0 saturated heterocycles. The van der Waals surface area contributed by atoms with Crippen LogP contribution in [0.15, 0.2) is 103 Å². The van der Waals surface area contributed by atoms with Crippen LogP contribution in [0.4, 0.5) is 5.69 Å². The molecule has 0 fully saturated rings. The number of phenols is 2. The monoisotopic (exact) mass is 407 g/mol. The number of para-hydroxylation sites is 1. The zero-order chi connectivity index (χ0) is 21.4. The van der Waals surface area contributed by atoms with E-state index >= 15 is 0 Å². The van der Waals surface area contributed by atoms with Gasteiger partial charge in [-0.2, -0.15) is 0 Å². The maximum absolute atomic E-state index is 12.5. The summed E-state index contributed by atoms with van der Waals surface area (Å²) in [6.45, 7) is 0. The maximum Gasteiger partial charge on any atom is 0.147 e. The van der Waals surface area contributed by atoms with Crippen molar-refractivity contribution in [2.24, 2.45) is 0 Å². The molecule has 4 heteroatoms. The second kappa shape index (κ2) is 7.33. The molecule has 0 amide bonds. The van der Waals surface area contributed by atoms with Gasteiger partial charge in [0.05, 0.1) is 0 Å². The number of rotatable bonds is 4. The van der Waals surface area contributed by atoms with Gasteiger partial charge in [0, 0.05) is 5.69 Å². The fourth-order valence-corrected chi connectivity index (χ4v) is 4.80. The molecule has 4 aromatic carbocycles. The summed E-state index contributed by atoms with van der Waals surface area (Å²) in [6, 6.07) is 31.5. The van der Waals surface area contributed by atoms with Gasteiger partial charge in [-0.05, 0) is 58.7 Å². The lowest BCUT2D eigenvalue weighted by Crippen LogP contribution is -2.45. The van der Waals surface area contributed by atoms with Gasteiger partial charge in [0.15, 0.2) is 0 Å². The number of phenolic OH excluding ortho intramolecular Hbond substituents is 2. The molecule has 4 aromatic rings. The Morgan fingerprint density at radius 2 is 1.19 bits per heavy atom. The van der Waals surface area contributed by atoms with E-state index in [0.29, 0.717) is 0 Å². The average Bonchev–Trinajstić information content (AvgIpc) is 3.12. The van der Waals surface area contributed by atoms with Crippen LogP contribution in [0.5, 0.6) is 11.5 Å². The average molecular weight is 407 g/mol.